The Labute approximate surface area is 199 Å². The van der Waals surface area contributed by atoms with Crippen LogP contribution in [0.4, 0.5) is 18.0 Å². The molecule has 0 radical (unpaired) electrons. The summed E-state index contributed by atoms with van der Waals surface area (Å²) in [5, 5.41) is 12.9. The van der Waals surface area contributed by atoms with E-state index in [9.17, 15) is 27.6 Å². The van der Waals surface area contributed by atoms with Crippen molar-refractivity contribution >= 4 is 18.0 Å². The number of carbonyl (C=O) groups excluding carboxylic acids is 2. The lowest BCUT2D eigenvalue weighted by Crippen LogP contribution is -2.51. The average Bonchev–Trinajstić information content (AvgIpc) is 3.61. The minimum atomic E-state index is -5.10. The van der Waals surface area contributed by atoms with Gasteiger partial charge in [0.2, 0.25) is 11.9 Å². The zero-order valence-corrected chi connectivity index (χ0v) is 18.7. The molecule has 1 saturated carbocycles. The molecule has 0 bridgehead atoms. The molecule has 186 valence electrons. The van der Waals surface area contributed by atoms with Gasteiger partial charge in [0.05, 0.1) is 0 Å². The van der Waals surface area contributed by atoms with Gasteiger partial charge in [-0.3, -0.25) is 4.79 Å². The number of ether oxygens (including phenoxy) is 1. The molecule has 2 aromatic carbocycles. The molecule has 2 aromatic rings. The van der Waals surface area contributed by atoms with E-state index in [1.807, 2.05) is 48.5 Å². The topological polar surface area (TPSA) is 105 Å². The molecule has 2 aliphatic carbocycles. The Kier molecular flexibility index (Phi) is 7.00. The molecule has 2 aliphatic rings. The van der Waals surface area contributed by atoms with E-state index in [0.717, 1.165) is 35.1 Å². The second-order valence-electron chi connectivity index (χ2n) is 8.89. The molecule has 2 unspecified atom stereocenters. The van der Waals surface area contributed by atoms with Gasteiger partial charge in [-0.25, -0.2) is 9.59 Å². The van der Waals surface area contributed by atoms with E-state index < -0.39 is 36.1 Å². The van der Waals surface area contributed by atoms with Crippen LogP contribution in [0.2, 0.25) is 0 Å². The number of aliphatic carboxylic acids is 1. The molecule has 7 nitrogen and oxygen atoms in total. The third-order valence-corrected chi connectivity index (χ3v) is 6.47. The van der Waals surface area contributed by atoms with Crippen LogP contribution in [0, 0.1) is 11.8 Å². The Bertz CT molecular complexity index is 1070. The summed E-state index contributed by atoms with van der Waals surface area (Å²) >= 11 is 0. The first kappa shape index (κ1) is 24.6. The highest BCUT2D eigenvalue weighted by Gasteiger charge is 2.46. The number of nitrogens with one attached hydrogen (secondary N) is 2. The Morgan fingerprint density at radius 2 is 1.57 bits per heavy atom. The molecular weight excluding hydrogens is 465 g/mol. The summed E-state index contributed by atoms with van der Waals surface area (Å²) in [4.78, 5) is 35.4. The van der Waals surface area contributed by atoms with E-state index in [1.165, 1.54) is 5.32 Å². The maximum atomic E-state index is 12.8. The van der Waals surface area contributed by atoms with Crippen molar-refractivity contribution in [1.82, 2.24) is 10.6 Å². The maximum absolute atomic E-state index is 12.8. The minimum absolute atomic E-state index is 0.0402. The van der Waals surface area contributed by atoms with Crippen molar-refractivity contribution in [3.63, 3.8) is 0 Å². The predicted octanol–water partition coefficient (Wildman–Crippen LogP) is 4.07. The zero-order valence-electron chi connectivity index (χ0n) is 18.7. The number of benzene rings is 2. The first-order valence-corrected chi connectivity index (χ1v) is 11.3. The van der Waals surface area contributed by atoms with Crippen LogP contribution in [-0.2, 0) is 14.3 Å². The molecule has 35 heavy (non-hydrogen) atoms. The van der Waals surface area contributed by atoms with Gasteiger partial charge in [0.15, 0.2) is 0 Å². The predicted molar refractivity (Wildman–Crippen MR) is 120 cm³/mol. The summed E-state index contributed by atoms with van der Waals surface area (Å²) in [6.45, 7) is 0.152. The summed E-state index contributed by atoms with van der Waals surface area (Å²) in [5.41, 5.74) is 4.31. The highest BCUT2D eigenvalue weighted by Crippen LogP contribution is 2.44. The van der Waals surface area contributed by atoms with Crippen LogP contribution in [0.5, 0.6) is 0 Å². The molecule has 10 heteroatoms. The van der Waals surface area contributed by atoms with Crippen LogP contribution in [0.3, 0.4) is 0 Å². The monoisotopic (exact) mass is 490 g/mol. The summed E-state index contributed by atoms with van der Waals surface area (Å²) in [7, 11) is 0. The summed E-state index contributed by atoms with van der Waals surface area (Å²) in [6.07, 6.45) is -4.54. The van der Waals surface area contributed by atoms with E-state index in [4.69, 9.17) is 9.84 Å². The Morgan fingerprint density at radius 1 is 1.00 bits per heavy atom. The Morgan fingerprint density at radius 3 is 2.09 bits per heavy atom. The van der Waals surface area contributed by atoms with Gasteiger partial charge >= 0.3 is 18.2 Å². The highest BCUT2D eigenvalue weighted by molar-refractivity contribution is 5.84. The van der Waals surface area contributed by atoms with Gasteiger partial charge in [-0.05, 0) is 46.9 Å². The third kappa shape index (κ3) is 5.75. The Balaban J connectivity index is 1.31. The first-order chi connectivity index (χ1) is 16.6. The summed E-state index contributed by atoms with van der Waals surface area (Å²) < 4.78 is 43.9. The average molecular weight is 490 g/mol. The Hall–Kier alpha value is -3.56. The lowest BCUT2D eigenvalue weighted by Gasteiger charge is -2.21. The number of alkyl halides is 3. The number of rotatable bonds is 9. The van der Waals surface area contributed by atoms with Crippen molar-refractivity contribution in [3.8, 4) is 11.1 Å². The molecule has 2 amide bonds. The van der Waals surface area contributed by atoms with Crippen molar-refractivity contribution in [2.75, 3.05) is 13.2 Å². The molecule has 2 atom stereocenters. The molecule has 0 aromatic heterocycles. The lowest BCUT2D eigenvalue weighted by molar-refractivity contribution is -0.182. The van der Waals surface area contributed by atoms with Crippen LogP contribution in [0.25, 0.3) is 11.1 Å². The standard InChI is InChI=1S/C25H25F3N2O5/c26-25(27,28)22(23(32)33)30-21(31)11-15(14-9-10-14)12-29-24(34)35-13-20-18-7-3-1-5-16(18)17-6-2-4-8-19(17)20/h1-8,14-15,20,22H,9-13H2,(H,29,34)(H,30,31)(H,32,33). The summed E-state index contributed by atoms with van der Waals surface area (Å²) in [5.74, 6) is -3.66. The SMILES string of the molecule is O=C(CC(CNC(=O)OCC1c2ccccc2-c2ccccc21)C1CC1)NC(C(=O)O)C(F)(F)F. The quantitative estimate of drug-likeness (QED) is 0.492. The van der Waals surface area contributed by atoms with Crippen molar-refractivity contribution < 1.29 is 37.4 Å². The van der Waals surface area contributed by atoms with Crippen molar-refractivity contribution in [2.24, 2.45) is 11.8 Å². The fraction of sp³-hybridized carbons (Fsp3) is 0.400. The van der Waals surface area contributed by atoms with E-state index in [-0.39, 0.29) is 31.4 Å². The number of fused-ring (bicyclic) bond motifs is 3. The first-order valence-electron chi connectivity index (χ1n) is 11.3. The van der Waals surface area contributed by atoms with Crippen LogP contribution in [0.1, 0.15) is 36.3 Å². The molecule has 0 saturated heterocycles. The fourth-order valence-electron chi connectivity index (χ4n) is 4.58. The molecule has 0 heterocycles. The van der Waals surface area contributed by atoms with E-state index in [1.54, 1.807) is 0 Å². The largest absolute Gasteiger partial charge is 0.479 e. The van der Waals surface area contributed by atoms with Gasteiger partial charge in [0.25, 0.3) is 0 Å². The van der Waals surface area contributed by atoms with Crippen molar-refractivity contribution in [1.29, 1.82) is 0 Å². The van der Waals surface area contributed by atoms with Gasteiger partial charge < -0.3 is 20.5 Å². The van der Waals surface area contributed by atoms with Crippen LogP contribution >= 0.6 is 0 Å². The van der Waals surface area contributed by atoms with Gasteiger partial charge in [-0.2, -0.15) is 13.2 Å². The number of alkyl carbamates (subject to hydrolysis) is 1. The normalized spacial score (nSPS) is 16.5. The van der Waals surface area contributed by atoms with E-state index in [0.29, 0.717) is 0 Å². The molecule has 4 rings (SSSR count). The number of halogens is 3. The molecule has 1 fully saturated rings. The molecular formula is C25H25F3N2O5. The smallest absolute Gasteiger partial charge is 0.419 e. The second kappa shape index (κ2) is 9.97. The van der Waals surface area contributed by atoms with Crippen LogP contribution < -0.4 is 10.6 Å². The highest BCUT2D eigenvalue weighted by atomic mass is 19.4. The van der Waals surface area contributed by atoms with E-state index in [2.05, 4.69) is 5.32 Å². The number of amides is 2. The van der Waals surface area contributed by atoms with Gasteiger partial charge in [0.1, 0.15) is 6.61 Å². The number of hydrogen-bond donors (Lipinski definition) is 3. The molecule has 0 aliphatic heterocycles. The lowest BCUT2D eigenvalue weighted by atomic mass is 9.98. The number of carboxylic acids is 1. The van der Waals surface area contributed by atoms with E-state index >= 15 is 0 Å². The van der Waals surface area contributed by atoms with Crippen LogP contribution in [-0.4, -0.2) is 48.4 Å². The molecule has 0 spiro atoms. The number of carbonyl (C=O) groups is 3. The zero-order chi connectivity index (χ0) is 25.2. The minimum Gasteiger partial charge on any atom is -0.479 e. The van der Waals surface area contributed by atoms with Crippen molar-refractivity contribution in [3.05, 3.63) is 59.7 Å². The van der Waals surface area contributed by atoms with Gasteiger partial charge in [-0.15, -0.1) is 0 Å². The summed E-state index contributed by atoms with van der Waals surface area (Å²) in [6, 6.07) is 12.8. The van der Waals surface area contributed by atoms with Gasteiger partial charge in [-0.1, -0.05) is 48.5 Å². The molecule has 3 N–H and O–H groups in total. The third-order valence-electron chi connectivity index (χ3n) is 6.47. The second-order valence-corrected chi connectivity index (χ2v) is 8.89. The van der Waals surface area contributed by atoms with Crippen LogP contribution in [0.15, 0.2) is 48.5 Å². The van der Waals surface area contributed by atoms with Gasteiger partial charge in [0, 0.05) is 18.9 Å². The number of hydrogen-bond acceptors (Lipinski definition) is 4. The fourth-order valence-corrected chi connectivity index (χ4v) is 4.58. The number of carboxylic acid groups (broad SMARTS) is 1. The van der Waals surface area contributed by atoms with Crippen molar-refractivity contribution in [2.45, 2.75) is 37.4 Å². The maximum Gasteiger partial charge on any atom is 0.419 e.